The van der Waals surface area contributed by atoms with Gasteiger partial charge in [-0.15, -0.1) is 23.2 Å². The summed E-state index contributed by atoms with van der Waals surface area (Å²) in [6.45, 7) is -0.0656. The van der Waals surface area contributed by atoms with E-state index in [4.69, 9.17) is 23.2 Å². The minimum Gasteiger partial charge on any atom is -0.269 e. The molecule has 0 N–H and O–H groups in total. The maximum atomic E-state index is 10.3. The van der Waals surface area contributed by atoms with Crippen LogP contribution in [0.3, 0.4) is 0 Å². The lowest BCUT2D eigenvalue weighted by atomic mass is 10.5. The zero-order valence-electron chi connectivity index (χ0n) is 5.38. The van der Waals surface area contributed by atoms with E-state index in [0.717, 1.165) is 6.26 Å². The van der Waals surface area contributed by atoms with Gasteiger partial charge in [-0.2, -0.15) is 8.42 Å². The maximum Gasteiger partial charge on any atom is 0.264 e. The van der Waals surface area contributed by atoms with Crippen molar-refractivity contribution < 1.29 is 12.6 Å². The fourth-order valence-corrected chi connectivity index (χ4v) is 0.880. The molecule has 0 aliphatic heterocycles. The molecule has 0 radical (unpaired) electrons. The van der Waals surface area contributed by atoms with Gasteiger partial charge in [-0.3, -0.25) is 4.18 Å². The number of rotatable bonds is 4. The molecular formula is C4H8Cl2O3S. The van der Waals surface area contributed by atoms with E-state index in [1.54, 1.807) is 0 Å². The number of hydrogen-bond acceptors (Lipinski definition) is 3. The molecule has 3 nitrogen and oxygen atoms in total. The van der Waals surface area contributed by atoms with Crippen LogP contribution in [0, 0.1) is 0 Å². The highest BCUT2D eigenvalue weighted by Gasteiger charge is 2.07. The fourth-order valence-electron chi connectivity index (χ4n) is 0.242. The molecule has 0 saturated carbocycles. The molecule has 0 aliphatic rings. The third kappa shape index (κ3) is 6.61. The Balaban J connectivity index is 3.56. The monoisotopic (exact) mass is 206 g/mol. The van der Waals surface area contributed by atoms with Crippen LogP contribution in [0.1, 0.15) is 0 Å². The van der Waals surface area contributed by atoms with Crippen molar-refractivity contribution in [2.45, 2.75) is 5.38 Å². The highest BCUT2D eigenvalue weighted by atomic mass is 35.5. The smallest absolute Gasteiger partial charge is 0.264 e. The Kier molecular flexibility index (Phi) is 4.60. The molecule has 0 spiro atoms. The van der Waals surface area contributed by atoms with E-state index < -0.39 is 15.5 Å². The van der Waals surface area contributed by atoms with Gasteiger partial charge in [0.2, 0.25) is 0 Å². The quantitative estimate of drug-likeness (QED) is 0.506. The van der Waals surface area contributed by atoms with Crippen LogP contribution in [0.5, 0.6) is 0 Å². The van der Waals surface area contributed by atoms with Gasteiger partial charge in [0, 0.05) is 5.88 Å². The molecule has 0 saturated heterocycles. The number of halogens is 2. The predicted octanol–water partition coefficient (Wildman–Crippen LogP) is 0.809. The molecule has 0 rings (SSSR count). The average molecular weight is 207 g/mol. The molecule has 10 heavy (non-hydrogen) atoms. The molecule has 0 bridgehead atoms. The summed E-state index contributed by atoms with van der Waals surface area (Å²) in [4.78, 5) is 0. The van der Waals surface area contributed by atoms with Crippen molar-refractivity contribution in [2.24, 2.45) is 0 Å². The Morgan fingerprint density at radius 1 is 1.60 bits per heavy atom. The molecule has 0 heterocycles. The summed E-state index contributed by atoms with van der Waals surface area (Å²) in [5.41, 5.74) is 0. The van der Waals surface area contributed by atoms with Gasteiger partial charge in [0.05, 0.1) is 18.2 Å². The van der Waals surface area contributed by atoms with Gasteiger partial charge in [-0.25, -0.2) is 0 Å². The van der Waals surface area contributed by atoms with Crippen molar-refractivity contribution >= 4 is 33.3 Å². The maximum absolute atomic E-state index is 10.3. The average Bonchev–Trinajstić information content (AvgIpc) is 1.81. The van der Waals surface area contributed by atoms with E-state index in [0.29, 0.717) is 0 Å². The second kappa shape index (κ2) is 4.38. The lowest BCUT2D eigenvalue weighted by Gasteiger charge is -2.03. The third-order valence-corrected chi connectivity index (χ3v) is 2.01. The Morgan fingerprint density at radius 2 is 2.10 bits per heavy atom. The lowest BCUT2D eigenvalue weighted by Crippen LogP contribution is -2.14. The largest absolute Gasteiger partial charge is 0.269 e. The highest BCUT2D eigenvalue weighted by molar-refractivity contribution is 7.85. The van der Waals surface area contributed by atoms with Crippen LogP contribution in [-0.2, 0) is 14.3 Å². The summed E-state index contributed by atoms with van der Waals surface area (Å²) in [6.07, 6.45) is 0.963. The Bertz CT molecular complexity index is 177. The summed E-state index contributed by atoms with van der Waals surface area (Å²) in [7, 11) is -3.37. The molecule has 0 amide bonds. The number of alkyl halides is 2. The first kappa shape index (κ1) is 10.5. The summed E-state index contributed by atoms with van der Waals surface area (Å²) in [5, 5.41) is -0.448. The summed E-state index contributed by atoms with van der Waals surface area (Å²) >= 11 is 10.7. The van der Waals surface area contributed by atoms with E-state index >= 15 is 0 Å². The normalized spacial score (nSPS) is 15.1. The van der Waals surface area contributed by atoms with Gasteiger partial charge in [-0.1, -0.05) is 0 Å². The van der Waals surface area contributed by atoms with E-state index in [1.807, 2.05) is 0 Å². The SMILES string of the molecule is CS(=O)(=O)OCC(Cl)CCl. The standard InChI is InChI=1S/C4H8Cl2O3S/c1-10(7,8)9-3-4(6)2-5/h4H,2-3H2,1H3. The zero-order valence-corrected chi connectivity index (χ0v) is 7.71. The molecular weight excluding hydrogens is 199 g/mol. The molecule has 1 atom stereocenters. The summed E-state index contributed by atoms with van der Waals surface area (Å²) < 4.78 is 25.0. The second-order valence-corrected chi connectivity index (χ2v) is 4.31. The Labute approximate surface area is 70.4 Å². The first-order valence-electron chi connectivity index (χ1n) is 2.50. The van der Waals surface area contributed by atoms with Gasteiger partial charge in [-0.05, 0) is 0 Å². The van der Waals surface area contributed by atoms with Crippen LogP contribution in [-0.4, -0.2) is 32.5 Å². The lowest BCUT2D eigenvalue weighted by molar-refractivity contribution is 0.325. The Hall–Kier alpha value is 0.490. The second-order valence-electron chi connectivity index (χ2n) is 1.74. The van der Waals surface area contributed by atoms with Gasteiger partial charge in [0.15, 0.2) is 0 Å². The summed E-state index contributed by atoms with van der Waals surface area (Å²) in [5.74, 6) is 0.178. The highest BCUT2D eigenvalue weighted by Crippen LogP contribution is 2.00. The van der Waals surface area contributed by atoms with Gasteiger partial charge >= 0.3 is 0 Å². The molecule has 0 aromatic heterocycles. The van der Waals surface area contributed by atoms with E-state index in [2.05, 4.69) is 4.18 Å². The predicted molar refractivity (Wildman–Crippen MR) is 41.2 cm³/mol. The molecule has 0 aliphatic carbocycles. The Morgan fingerprint density at radius 3 is 2.40 bits per heavy atom. The molecule has 6 heteroatoms. The minimum atomic E-state index is -3.37. The van der Waals surface area contributed by atoms with E-state index in [-0.39, 0.29) is 12.5 Å². The van der Waals surface area contributed by atoms with Crippen molar-refractivity contribution in [3.63, 3.8) is 0 Å². The van der Waals surface area contributed by atoms with Crippen LogP contribution < -0.4 is 0 Å². The third-order valence-electron chi connectivity index (χ3n) is 0.630. The minimum absolute atomic E-state index is 0.0656. The molecule has 62 valence electrons. The van der Waals surface area contributed by atoms with Crippen molar-refractivity contribution in [3.8, 4) is 0 Å². The topological polar surface area (TPSA) is 43.4 Å². The number of hydrogen-bond donors (Lipinski definition) is 0. The van der Waals surface area contributed by atoms with Crippen LogP contribution >= 0.6 is 23.2 Å². The molecule has 0 fully saturated rings. The van der Waals surface area contributed by atoms with Crippen LogP contribution in [0.4, 0.5) is 0 Å². The zero-order chi connectivity index (χ0) is 8.20. The van der Waals surface area contributed by atoms with Crippen molar-refractivity contribution in [1.29, 1.82) is 0 Å². The fraction of sp³-hybridized carbons (Fsp3) is 1.00. The first-order valence-corrected chi connectivity index (χ1v) is 5.29. The molecule has 0 aromatic carbocycles. The molecule has 1 unspecified atom stereocenters. The first-order chi connectivity index (χ1) is 4.45. The van der Waals surface area contributed by atoms with E-state index in [1.165, 1.54) is 0 Å². The van der Waals surface area contributed by atoms with Crippen molar-refractivity contribution in [1.82, 2.24) is 0 Å². The van der Waals surface area contributed by atoms with Crippen LogP contribution in [0.2, 0.25) is 0 Å². The van der Waals surface area contributed by atoms with Gasteiger partial charge < -0.3 is 0 Å². The van der Waals surface area contributed by atoms with Gasteiger partial charge in [0.1, 0.15) is 0 Å². The summed E-state index contributed by atoms with van der Waals surface area (Å²) in [6, 6.07) is 0. The van der Waals surface area contributed by atoms with Gasteiger partial charge in [0.25, 0.3) is 10.1 Å². The van der Waals surface area contributed by atoms with Crippen molar-refractivity contribution in [2.75, 3.05) is 18.7 Å². The molecule has 0 aromatic rings. The van der Waals surface area contributed by atoms with E-state index in [9.17, 15) is 8.42 Å². The van der Waals surface area contributed by atoms with Crippen molar-refractivity contribution in [3.05, 3.63) is 0 Å². The van der Waals surface area contributed by atoms with Crippen LogP contribution in [0.15, 0.2) is 0 Å². The van der Waals surface area contributed by atoms with Crippen LogP contribution in [0.25, 0.3) is 0 Å².